The molecule has 0 radical (unpaired) electrons. The summed E-state index contributed by atoms with van der Waals surface area (Å²) in [6.07, 6.45) is 0.219. The normalized spacial score (nSPS) is 15.6. The number of nitro benzene ring substituents is 1. The minimum atomic E-state index is -0.554. The highest BCUT2D eigenvalue weighted by molar-refractivity contribution is 5.94. The summed E-state index contributed by atoms with van der Waals surface area (Å²) in [5.41, 5.74) is 0.831. The Hall–Kier alpha value is -2.96. The van der Waals surface area contributed by atoms with Crippen LogP contribution in [-0.2, 0) is 6.42 Å². The number of nitro groups is 1. The van der Waals surface area contributed by atoms with Crippen LogP contribution in [0.2, 0.25) is 0 Å². The summed E-state index contributed by atoms with van der Waals surface area (Å²) < 4.78 is 18.8. The number of non-ortho nitro benzene ring substituents is 1. The Kier molecular flexibility index (Phi) is 3.92. The fourth-order valence-electron chi connectivity index (χ4n) is 2.47. The van der Waals surface area contributed by atoms with E-state index in [1.165, 1.54) is 36.4 Å². The van der Waals surface area contributed by atoms with Crippen LogP contribution in [0.15, 0.2) is 42.5 Å². The second-order valence-electron chi connectivity index (χ2n) is 5.21. The molecule has 3 rings (SSSR count). The Labute approximate surface area is 131 Å². The standard InChI is InChI=1S/C16H13FN2O4/c17-12-4-5-15-11(6-12)8-14(23-15)9-18-16(20)10-2-1-3-13(7-10)19(21)22/h1-7,14H,8-9H2,(H,18,20). The molecule has 2 aromatic rings. The van der Waals surface area contributed by atoms with Gasteiger partial charge in [0.05, 0.1) is 11.5 Å². The SMILES string of the molecule is O=C(NCC1Cc2cc(F)ccc2O1)c1cccc([N+](=O)[O-])c1. The third-order valence-electron chi connectivity index (χ3n) is 3.57. The molecular formula is C16H13FN2O4. The maximum atomic E-state index is 13.1. The zero-order valence-electron chi connectivity index (χ0n) is 12.0. The number of fused-ring (bicyclic) bond motifs is 1. The predicted octanol–water partition coefficient (Wildman–Crippen LogP) is 2.47. The molecule has 1 aliphatic rings. The molecular weight excluding hydrogens is 303 g/mol. The van der Waals surface area contributed by atoms with E-state index in [0.717, 1.165) is 5.56 Å². The summed E-state index contributed by atoms with van der Waals surface area (Å²) in [5, 5.41) is 13.4. The van der Waals surface area contributed by atoms with Gasteiger partial charge in [0.15, 0.2) is 0 Å². The van der Waals surface area contributed by atoms with Crippen molar-refractivity contribution in [1.82, 2.24) is 5.32 Å². The van der Waals surface area contributed by atoms with Crippen molar-refractivity contribution in [1.29, 1.82) is 0 Å². The average molecular weight is 316 g/mol. The zero-order valence-corrected chi connectivity index (χ0v) is 12.0. The maximum absolute atomic E-state index is 13.1. The van der Waals surface area contributed by atoms with Crippen molar-refractivity contribution < 1.29 is 18.8 Å². The molecule has 23 heavy (non-hydrogen) atoms. The van der Waals surface area contributed by atoms with E-state index in [9.17, 15) is 19.3 Å². The molecule has 1 atom stereocenters. The lowest BCUT2D eigenvalue weighted by atomic mass is 10.1. The van der Waals surface area contributed by atoms with Gasteiger partial charge in [-0.3, -0.25) is 14.9 Å². The predicted molar refractivity (Wildman–Crippen MR) is 79.9 cm³/mol. The fraction of sp³-hybridized carbons (Fsp3) is 0.188. The number of hydrogen-bond acceptors (Lipinski definition) is 4. The van der Waals surface area contributed by atoms with Crippen molar-refractivity contribution in [3.63, 3.8) is 0 Å². The number of amides is 1. The van der Waals surface area contributed by atoms with E-state index in [4.69, 9.17) is 4.74 Å². The molecule has 1 N–H and O–H groups in total. The number of carbonyl (C=O) groups is 1. The summed E-state index contributed by atoms with van der Waals surface area (Å²) in [6.45, 7) is 0.234. The Morgan fingerprint density at radius 2 is 2.17 bits per heavy atom. The van der Waals surface area contributed by atoms with E-state index in [1.807, 2.05) is 0 Å². The van der Waals surface area contributed by atoms with Crippen LogP contribution in [0.5, 0.6) is 5.75 Å². The lowest BCUT2D eigenvalue weighted by molar-refractivity contribution is -0.384. The van der Waals surface area contributed by atoms with Crippen LogP contribution in [0.4, 0.5) is 10.1 Å². The van der Waals surface area contributed by atoms with Crippen molar-refractivity contribution in [3.8, 4) is 5.75 Å². The molecule has 1 heterocycles. The molecule has 0 aromatic heterocycles. The molecule has 0 aliphatic carbocycles. The summed E-state index contributed by atoms with van der Waals surface area (Å²) in [7, 11) is 0. The number of rotatable bonds is 4. The third kappa shape index (κ3) is 3.28. The first kappa shape index (κ1) is 15.0. The molecule has 7 heteroatoms. The summed E-state index contributed by atoms with van der Waals surface area (Å²) in [4.78, 5) is 22.2. The van der Waals surface area contributed by atoms with Gasteiger partial charge in [-0.2, -0.15) is 0 Å². The Morgan fingerprint density at radius 1 is 1.35 bits per heavy atom. The number of benzene rings is 2. The first-order valence-corrected chi connectivity index (χ1v) is 7.00. The molecule has 1 amide bonds. The van der Waals surface area contributed by atoms with Gasteiger partial charge in [-0.1, -0.05) is 6.07 Å². The zero-order chi connectivity index (χ0) is 16.4. The molecule has 1 unspecified atom stereocenters. The van der Waals surface area contributed by atoms with Crippen LogP contribution in [0.25, 0.3) is 0 Å². The third-order valence-corrected chi connectivity index (χ3v) is 3.57. The number of ether oxygens (including phenoxy) is 1. The molecule has 6 nitrogen and oxygen atoms in total. The van der Waals surface area contributed by atoms with Gasteiger partial charge in [0.25, 0.3) is 11.6 Å². The van der Waals surface area contributed by atoms with Gasteiger partial charge in [-0.15, -0.1) is 0 Å². The highest BCUT2D eigenvalue weighted by atomic mass is 19.1. The van der Waals surface area contributed by atoms with Crippen molar-refractivity contribution in [2.75, 3.05) is 6.54 Å². The van der Waals surface area contributed by atoms with E-state index >= 15 is 0 Å². The van der Waals surface area contributed by atoms with E-state index in [0.29, 0.717) is 12.2 Å². The molecule has 118 valence electrons. The van der Waals surface area contributed by atoms with Crippen molar-refractivity contribution in [3.05, 3.63) is 69.5 Å². The first-order valence-electron chi connectivity index (χ1n) is 7.00. The van der Waals surface area contributed by atoms with Crippen LogP contribution >= 0.6 is 0 Å². The smallest absolute Gasteiger partial charge is 0.270 e. The van der Waals surface area contributed by atoms with Gasteiger partial charge in [0.2, 0.25) is 0 Å². The number of hydrogen-bond donors (Lipinski definition) is 1. The lowest BCUT2D eigenvalue weighted by Crippen LogP contribution is -2.34. The molecule has 0 fully saturated rings. The number of carbonyl (C=O) groups excluding carboxylic acids is 1. The minimum Gasteiger partial charge on any atom is -0.488 e. The van der Waals surface area contributed by atoms with Gasteiger partial charge >= 0.3 is 0 Å². The molecule has 0 saturated carbocycles. The van der Waals surface area contributed by atoms with Gasteiger partial charge < -0.3 is 10.1 Å². The van der Waals surface area contributed by atoms with Gasteiger partial charge in [0, 0.05) is 29.7 Å². The van der Waals surface area contributed by atoms with E-state index < -0.39 is 10.8 Å². The second-order valence-corrected chi connectivity index (χ2v) is 5.21. The second kappa shape index (κ2) is 6.04. The van der Waals surface area contributed by atoms with Gasteiger partial charge in [-0.25, -0.2) is 4.39 Å². The maximum Gasteiger partial charge on any atom is 0.270 e. The summed E-state index contributed by atoms with van der Waals surface area (Å²) in [6, 6.07) is 9.80. The molecule has 0 spiro atoms. The van der Waals surface area contributed by atoms with Crippen molar-refractivity contribution in [2.45, 2.75) is 12.5 Å². The van der Waals surface area contributed by atoms with Crippen LogP contribution in [-0.4, -0.2) is 23.5 Å². The van der Waals surface area contributed by atoms with Crippen LogP contribution in [0, 0.1) is 15.9 Å². The number of nitrogens with one attached hydrogen (secondary N) is 1. The van der Waals surface area contributed by atoms with Crippen molar-refractivity contribution in [2.24, 2.45) is 0 Å². The lowest BCUT2D eigenvalue weighted by Gasteiger charge is -2.11. The Morgan fingerprint density at radius 3 is 2.96 bits per heavy atom. The molecule has 0 saturated heterocycles. The summed E-state index contributed by atoms with van der Waals surface area (Å²) >= 11 is 0. The first-order chi connectivity index (χ1) is 11.0. The van der Waals surface area contributed by atoms with Gasteiger partial charge in [0.1, 0.15) is 17.7 Å². The quantitative estimate of drug-likeness (QED) is 0.694. The summed E-state index contributed by atoms with van der Waals surface area (Å²) in [5.74, 6) is -0.130. The average Bonchev–Trinajstić information content (AvgIpc) is 2.94. The number of halogens is 1. The topological polar surface area (TPSA) is 81.5 Å². The van der Waals surface area contributed by atoms with Crippen LogP contribution < -0.4 is 10.1 Å². The van der Waals surface area contributed by atoms with Crippen LogP contribution in [0.1, 0.15) is 15.9 Å². The Balaban J connectivity index is 1.60. The molecule has 0 bridgehead atoms. The van der Waals surface area contributed by atoms with Crippen LogP contribution in [0.3, 0.4) is 0 Å². The van der Waals surface area contributed by atoms with Gasteiger partial charge in [-0.05, 0) is 24.3 Å². The number of nitrogens with zero attached hydrogens (tertiary/aromatic N) is 1. The van der Waals surface area contributed by atoms with E-state index in [2.05, 4.69) is 5.32 Å². The monoisotopic (exact) mass is 316 g/mol. The van der Waals surface area contributed by atoms with E-state index in [-0.39, 0.29) is 29.7 Å². The molecule has 2 aromatic carbocycles. The molecule has 1 aliphatic heterocycles. The van der Waals surface area contributed by atoms with Crippen molar-refractivity contribution >= 4 is 11.6 Å². The fourth-order valence-corrected chi connectivity index (χ4v) is 2.47. The van der Waals surface area contributed by atoms with E-state index in [1.54, 1.807) is 6.07 Å². The Bertz CT molecular complexity index is 778. The largest absolute Gasteiger partial charge is 0.488 e. The highest BCUT2D eigenvalue weighted by Gasteiger charge is 2.24. The highest BCUT2D eigenvalue weighted by Crippen LogP contribution is 2.28. The minimum absolute atomic E-state index is 0.141.